The molecule has 54 valence electrons. The minimum atomic E-state index is 0.467. The molecule has 1 rings (SSSR count). The number of nitrogens with two attached hydrogens (primary N) is 1. The van der Waals surface area contributed by atoms with Crippen LogP contribution in [0.25, 0.3) is 0 Å². The molecule has 0 saturated heterocycles. The first kappa shape index (κ1) is 7.03. The van der Waals surface area contributed by atoms with Gasteiger partial charge in [0.15, 0.2) is 0 Å². The first-order valence-electron chi connectivity index (χ1n) is 3.82. The van der Waals surface area contributed by atoms with E-state index in [0.717, 1.165) is 6.54 Å². The molecule has 0 spiro atoms. The monoisotopic (exact) mass is 128 g/mol. The van der Waals surface area contributed by atoms with E-state index in [1.54, 1.807) is 0 Å². The lowest BCUT2D eigenvalue weighted by atomic mass is 10.2. The minimum Gasteiger partial charge on any atom is -0.328 e. The molecule has 1 fully saturated rings. The molecule has 3 N–H and O–H groups in total. The van der Waals surface area contributed by atoms with Gasteiger partial charge in [0.25, 0.3) is 0 Å². The summed E-state index contributed by atoms with van der Waals surface area (Å²) in [5, 5.41) is 3.39. The molecule has 0 bridgehead atoms. The second-order valence-corrected chi connectivity index (χ2v) is 2.83. The van der Waals surface area contributed by atoms with Crippen molar-refractivity contribution in [2.24, 2.45) is 5.73 Å². The summed E-state index contributed by atoms with van der Waals surface area (Å²) in [7, 11) is 0. The van der Waals surface area contributed by atoms with E-state index in [-0.39, 0.29) is 0 Å². The lowest BCUT2D eigenvalue weighted by molar-refractivity contribution is 0.534. The summed E-state index contributed by atoms with van der Waals surface area (Å²) in [5.41, 5.74) is 5.72. The van der Waals surface area contributed by atoms with E-state index in [0.29, 0.717) is 12.1 Å². The summed E-state index contributed by atoms with van der Waals surface area (Å²) >= 11 is 0. The largest absolute Gasteiger partial charge is 0.328 e. The Morgan fingerprint density at radius 3 is 2.78 bits per heavy atom. The summed E-state index contributed by atoms with van der Waals surface area (Å²) in [6, 6.07) is 1.18. The predicted molar refractivity (Wildman–Crippen MR) is 39.3 cm³/mol. The van der Waals surface area contributed by atoms with Crippen molar-refractivity contribution in [3.05, 3.63) is 0 Å². The maximum absolute atomic E-state index is 5.72. The lowest BCUT2D eigenvalue weighted by Crippen LogP contribution is -2.27. The van der Waals surface area contributed by atoms with Gasteiger partial charge in [-0.05, 0) is 25.8 Å². The Hall–Kier alpha value is -0.0800. The Morgan fingerprint density at radius 2 is 2.33 bits per heavy atom. The van der Waals surface area contributed by atoms with Crippen molar-refractivity contribution in [2.75, 3.05) is 6.54 Å². The van der Waals surface area contributed by atoms with Crippen LogP contribution in [0.15, 0.2) is 0 Å². The third-order valence-electron chi connectivity index (χ3n) is 1.97. The summed E-state index contributed by atoms with van der Waals surface area (Å²) in [5.74, 6) is 0. The second-order valence-electron chi connectivity index (χ2n) is 2.83. The van der Waals surface area contributed by atoms with Crippen LogP contribution in [0, 0.1) is 0 Å². The predicted octanol–water partition coefficient (Wildman–Crippen LogP) is 0.476. The molecule has 1 aliphatic carbocycles. The third-order valence-corrected chi connectivity index (χ3v) is 1.97. The molecule has 0 aromatic carbocycles. The van der Waals surface area contributed by atoms with Gasteiger partial charge in [0.2, 0.25) is 0 Å². The molecule has 2 heteroatoms. The highest BCUT2D eigenvalue weighted by atomic mass is 14.9. The molecule has 0 unspecified atom stereocenters. The smallest absolute Gasteiger partial charge is 0.00822 e. The van der Waals surface area contributed by atoms with Crippen LogP contribution in [-0.4, -0.2) is 18.6 Å². The Morgan fingerprint density at radius 1 is 1.56 bits per heavy atom. The zero-order valence-electron chi connectivity index (χ0n) is 6.06. The van der Waals surface area contributed by atoms with Crippen LogP contribution in [0.2, 0.25) is 0 Å². The standard InChI is InChI=1S/C7H16N2/c1-2-9-7-4-3-6(8)5-7/h6-7,9H,2-5,8H2,1H3/t6-,7+/m0/s1. The number of rotatable bonds is 2. The van der Waals surface area contributed by atoms with Crippen molar-refractivity contribution in [1.29, 1.82) is 0 Å². The summed E-state index contributed by atoms with van der Waals surface area (Å²) < 4.78 is 0. The SMILES string of the molecule is CCN[C@@H]1CC[C@H](N)C1. The average molecular weight is 128 g/mol. The summed E-state index contributed by atoms with van der Waals surface area (Å²) in [6.07, 6.45) is 3.65. The van der Waals surface area contributed by atoms with Crippen molar-refractivity contribution in [2.45, 2.75) is 38.3 Å². The zero-order valence-corrected chi connectivity index (χ0v) is 6.06. The van der Waals surface area contributed by atoms with Crippen molar-refractivity contribution in [3.8, 4) is 0 Å². The van der Waals surface area contributed by atoms with Crippen molar-refractivity contribution < 1.29 is 0 Å². The summed E-state index contributed by atoms with van der Waals surface area (Å²) in [6.45, 7) is 3.22. The van der Waals surface area contributed by atoms with Crippen molar-refractivity contribution in [1.82, 2.24) is 5.32 Å². The lowest BCUT2D eigenvalue weighted by Gasteiger charge is -2.08. The van der Waals surface area contributed by atoms with Gasteiger partial charge in [-0.1, -0.05) is 6.92 Å². The first-order chi connectivity index (χ1) is 4.33. The van der Waals surface area contributed by atoms with Gasteiger partial charge in [0.05, 0.1) is 0 Å². The fourth-order valence-electron chi connectivity index (χ4n) is 1.49. The third kappa shape index (κ3) is 1.95. The van der Waals surface area contributed by atoms with E-state index >= 15 is 0 Å². The van der Waals surface area contributed by atoms with Gasteiger partial charge >= 0.3 is 0 Å². The quantitative estimate of drug-likeness (QED) is 0.567. The number of hydrogen-bond acceptors (Lipinski definition) is 2. The first-order valence-corrected chi connectivity index (χ1v) is 3.82. The molecule has 2 nitrogen and oxygen atoms in total. The van der Waals surface area contributed by atoms with Gasteiger partial charge < -0.3 is 11.1 Å². The van der Waals surface area contributed by atoms with Gasteiger partial charge in [-0.2, -0.15) is 0 Å². The highest BCUT2D eigenvalue weighted by Crippen LogP contribution is 2.16. The highest BCUT2D eigenvalue weighted by Gasteiger charge is 2.19. The fraction of sp³-hybridized carbons (Fsp3) is 1.00. The molecular formula is C7H16N2. The van der Waals surface area contributed by atoms with Gasteiger partial charge in [-0.15, -0.1) is 0 Å². The fourth-order valence-corrected chi connectivity index (χ4v) is 1.49. The molecule has 0 aromatic rings. The molecule has 0 radical (unpaired) electrons. The molecule has 0 aromatic heterocycles. The van der Waals surface area contributed by atoms with E-state index in [1.807, 2.05) is 0 Å². The van der Waals surface area contributed by atoms with Gasteiger partial charge in [-0.25, -0.2) is 0 Å². The van der Waals surface area contributed by atoms with Crippen LogP contribution in [0.3, 0.4) is 0 Å². The molecule has 1 saturated carbocycles. The number of hydrogen-bond donors (Lipinski definition) is 2. The molecular weight excluding hydrogens is 112 g/mol. The van der Waals surface area contributed by atoms with Crippen LogP contribution in [0.5, 0.6) is 0 Å². The van der Waals surface area contributed by atoms with Gasteiger partial charge in [0, 0.05) is 12.1 Å². The zero-order chi connectivity index (χ0) is 6.69. The Balaban J connectivity index is 2.14. The van der Waals surface area contributed by atoms with Crippen LogP contribution in [-0.2, 0) is 0 Å². The van der Waals surface area contributed by atoms with Crippen LogP contribution < -0.4 is 11.1 Å². The molecule has 0 heterocycles. The number of nitrogens with one attached hydrogen (secondary N) is 1. The summed E-state index contributed by atoms with van der Waals surface area (Å²) in [4.78, 5) is 0. The maximum Gasteiger partial charge on any atom is 0.00822 e. The van der Waals surface area contributed by atoms with E-state index in [4.69, 9.17) is 5.73 Å². The minimum absolute atomic E-state index is 0.467. The van der Waals surface area contributed by atoms with Crippen LogP contribution >= 0.6 is 0 Å². The van der Waals surface area contributed by atoms with Crippen LogP contribution in [0.4, 0.5) is 0 Å². The molecule has 9 heavy (non-hydrogen) atoms. The van der Waals surface area contributed by atoms with E-state index in [9.17, 15) is 0 Å². The average Bonchev–Trinajstić information content (AvgIpc) is 2.17. The van der Waals surface area contributed by atoms with E-state index in [1.165, 1.54) is 19.3 Å². The normalized spacial score (nSPS) is 35.3. The van der Waals surface area contributed by atoms with Crippen molar-refractivity contribution >= 4 is 0 Å². The Bertz CT molecular complexity index is 81.0. The van der Waals surface area contributed by atoms with Crippen molar-refractivity contribution in [3.63, 3.8) is 0 Å². The van der Waals surface area contributed by atoms with Gasteiger partial charge in [0.1, 0.15) is 0 Å². The van der Waals surface area contributed by atoms with E-state index < -0.39 is 0 Å². The van der Waals surface area contributed by atoms with Crippen LogP contribution in [0.1, 0.15) is 26.2 Å². The molecule has 0 amide bonds. The second kappa shape index (κ2) is 3.18. The Kier molecular flexibility index (Phi) is 2.49. The Labute approximate surface area is 56.8 Å². The highest BCUT2D eigenvalue weighted by molar-refractivity contribution is 4.81. The molecule has 0 aliphatic heterocycles. The van der Waals surface area contributed by atoms with E-state index in [2.05, 4.69) is 12.2 Å². The topological polar surface area (TPSA) is 38.0 Å². The maximum atomic E-state index is 5.72. The molecule has 1 aliphatic rings. The van der Waals surface area contributed by atoms with Gasteiger partial charge in [-0.3, -0.25) is 0 Å². The molecule has 2 atom stereocenters.